The van der Waals surface area contributed by atoms with Gasteiger partial charge < -0.3 is 0 Å². The molecule has 0 amide bonds. The van der Waals surface area contributed by atoms with Gasteiger partial charge in [-0.3, -0.25) is 4.57 Å². The maximum Gasteiger partial charge on any atom is 0.165 e. The molecule has 55 heavy (non-hydrogen) atoms. The van der Waals surface area contributed by atoms with Crippen molar-refractivity contribution in [3.05, 3.63) is 188 Å². The Morgan fingerprint density at radius 3 is 1.89 bits per heavy atom. The van der Waals surface area contributed by atoms with Gasteiger partial charge in [-0.2, -0.15) is 5.26 Å². The lowest BCUT2D eigenvalue weighted by Gasteiger charge is -2.15. The van der Waals surface area contributed by atoms with Crippen LogP contribution in [0.5, 0.6) is 0 Å². The SMILES string of the molecule is N#Cc1ccc2ccc(-c3ccc4nc(-n5c6cc7ccccc7cc6c6c(-c7ccccc7)cccc65)c(-c5ccc6ccccc6c5)nc4c3)cc2c1. The average molecular weight is 699 g/mol. The van der Waals surface area contributed by atoms with E-state index >= 15 is 0 Å². The van der Waals surface area contributed by atoms with E-state index in [0.29, 0.717) is 5.56 Å². The first kappa shape index (κ1) is 31.0. The standard InChI is InChI=1S/C51H30N4/c52-31-32-17-18-34-19-21-39(27-42(34)25-32)40-23-24-45-46(29-40)53-50(41-22-20-33-9-4-5-12-36(33)26-41)51(54-45)55-47-16-8-15-43(35-10-2-1-3-11-35)49(47)44-28-37-13-6-7-14-38(37)30-48(44)55/h1-30H. The summed E-state index contributed by atoms with van der Waals surface area (Å²) in [5.41, 5.74) is 10.7. The fourth-order valence-corrected chi connectivity index (χ4v) is 8.25. The summed E-state index contributed by atoms with van der Waals surface area (Å²) in [6.07, 6.45) is 0. The Labute approximate surface area is 316 Å². The predicted octanol–water partition coefficient (Wildman–Crippen LogP) is 13.1. The maximum atomic E-state index is 9.53. The average Bonchev–Trinajstić information content (AvgIpc) is 3.57. The van der Waals surface area contributed by atoms with E-state index in [1.54, 1.807) is 0 Å². The predicted molar refractivity (Wildman–Crippen MR) is 227 cm³/mol. The Balaban J connectivity index is 1.21. The zero-order chi connectivity index (χ0) is 36.5. The van der Waals surface area contributed by atoms with Gasteiger partial charge in [0.15, 0.2) is 5.82 Å². The van der Waals surface area contributed by atoms with Gasteiger partial charge in [0.25, 0.3) is 0 Å². The van der Waals surface area contributed by atoms with E-state index < -0.39 is 0 Å². The monoisotopic (exact) mass is 698 g/mol. The van der Waals surface area contributed by atoms with Crippen LogP contribution >= 0.6 is 0 Å². The molecular weight excluding hydrogens is 669 g/mol. The van der Waals surface area contributed by atoms with Crippen molar-refractivity contribution in [3.8, 4) is 45.4 Å². The van der Waals surface area contributed by atoms with Gasteiger partial charge in [0.2, 0.25) is 0 Å². The Morgan fingerprint density at radius 1 is 0.418 bits per heavy atom. The van der Waals surface area contributed by atoms with Crippen LogP contribution < -0.4 is 0 Å². The van der Waals surface area contributed by atoms with Gasteiger partial charge in [0.05, 0.1) is 33.7 Å². The van der Waals surface area contributed by atoms with Crippen LogP contribution in [0.2, 0.25) is 0 Å². The zero-order valence-electron chi connectivity index (χ0n) is 29.6. The van der Waals surface area contributed by atoms with Gasteiger partial charge in [-0.1, -0.05) is 127 Å². The van der Waals surface area contributed by atoms with E-state index in [-0.39, 0.29) is 0 Å². The quantitative estimate of drug-likeness (QED) is 0.184. The molecule has 2 heterocycles. The molecule has 2 aromatic heterocycles. The second-order valence-corrected chi connectivity index (χ2v) is 14.2. The largest absolute Gasteiger partial charge is 0.292 e. The molecule has 0 aliphatic rings. The van der Waals surface area contributed by atoms with Crippen LogP contribution in [0.4, 0.5) is 0 Å². The summed E-state index contributed by atoms with van der Waals surface area (Å²) in [7, 11) is 0. The van der Waals surface area contributed by atoms with Gasteiger partial charge in [0.1, 0.15) is 5.69 Å². The van der Waals surface area contributed by atoms with Gasteiger partial charge in [0, 0.05) is 16.3 Å². The minimum absolute atomic E-state index is 0.649. The van der Waals surface area contributed by atoms with Crippen LogP contribution in [0, 0.1) is 11.3 Å². The number of rotatable bonds is 4. The summed E-state index contributed by atoms with van der Waals surface area (Å²) >= 11 is 0. The topological polar surface area (TPSA) is 54.5 Å². The van der Waals surface area contributed by atoms with Gasteiger partial charge >= 0.3 is 0 Å². The Hall–Kier alpha value is -7.61. The molecule has 0 bridgehead atoms. The van der Waals surface area contributed by atoms with E-state index in [1.165, 1.54) is 38.1 Å². The molecule has 0 unspecified atom stereocenters. The first-order valence-electron chi connectivity index (χ1n) is 18.5. The highest BCUT2D eigenvalue weighted by atomic mass is 15.1. The van der Waals surface area contributed by atoms with Crippen molar-refractivity contribution in [2.75, 3.05) is 0 Å². The molecule has 9 aromatic carbocycles. The van der Waals surface area contributed by atoms with Crippen LogP contribution in [0.1, 0.15) is 5.56 Å². The van der Waals surface area contributed by atoms with Crippen molar-refractivity contribution in [3.63, 3.8) is 0 Å². The second kappa shape index (κ2) is 12.2. The van der Waals surface area contributed by atoms with E-state index in [4.69, 9.17) is 9.97 Å². The highest BCUT2D eigenvalue weighted by Crippen LogP contribution is 2.42. The Morgan fingerprint density at radius 2 is 1.07 bits per heavy atom. The lowest BCUT2D eigenvalue weighted by atomic mass is 9.98. The number of hydrogen-bond acceptors (Lipinski definition) is 3. The molecule has 0 N–H and O–H groups in total. The number of hydrogen-bond donors (Lipinski definition) is 0. The summed E-state index contributed by atoms with van der Waals surface area (Å²) in [6.45, 7) is 0. The summed E-state index contributed by atoms with van der Waals surface area (Å²) in [5, 5.41) is 18.7. The molecule has 0 saturated heterocycles. The molecule has 0 radical (unpaired) electrons. The van der Waals surface area contributed by atoms with Crippen LogP contribution in [0.15, 0.2) is 182 Å². The summed E-state index contributed by atoms with van der Waals surface area (Å²) in [5.74, 6) is 0.783. The molecule has 0 saturated carbocycles. The first-order chi connectivity index (χ1) is 27.2. The maximum absolute atomic E-state index is 9.53. The van der Waals surface area contributed by atoms with Crippen LogP contribution in [-0.4, -0.2) is 14.5 Å². The summed E-state index contributed by atoms with van der Waals surface area (Å²) in [6, 6.07) is 66.3. The van der Waals surface area contributed by atoms with Crippen molar-refractivity contribution in [2.45, 2.75) is 0 Å². The summed E-state index contributed by atoms with van der Waals surface area (Å²) < 4.78 is 2.32. The van der Waals surface area contributed by atoms with Gasteiger partial charge in [-0.25, -0.2) is 9.97 Å². The highest BCUT2D eigenvalue weighted by molar-refractivity contribution is 6.19. The number of fused-ring (bicyclic) bond motifs is 7. The minimum atomic E-state index is 0.649. The fraction of sp³-hybridized carbons (Fsp3) is 0. The van der Waals surface area contributed by atoms with E-state index in [9.17, 15) is 5.26 Å². The third-order valence-electron chi connectivity index (χ3n) is 10.9. The van der Waals surface area contributed by atoms with Crippen LogP contribution in [-0.2, 0) is 0 Å². The van der Waals surface area contributed by atoms with Gasteiger partial charge in [-0.15, -0.1) is 0 Å². The lowest BCUT2D eigenvalue weighted by Crippen LogP contribution is -2.04. The highest BCUT2D eigenvalue weighted by Gasteiger charge is 2.22. The molecule has 0 spiro atoms. The third kappa shape index (κ3) is 5.06. The van der Waals surface area contributed by atoms with Gasteiger partial charge in [-0.05, 0) is 109 Å². The zero-order valence-corrected chi connectivity index (χ0v) is 29.6. The van der Waals surface area contributed by atoms with Crippen molar-refractivity contribution in [1.82, 2.24) is 14.5 Å². The molecule has 0 aliphatic carbocycles. The molecule has 0 atom stereocenters. The van der Waals surface area contributed by atoms with Crippen LogP contribution in [0.3, 0.4) is 0 Å². The molecule has 0 aliphatic heterocycles. The Bertz CT molecular complexity index is 3390. The minimum Gasteiger partial charge on any atom is -0.292 e. The number of nitriles is 1. The third-order valence-corrected chi connectivity index (χ3v) is 10.9. The fourth-order valence-electron chi connectivity index (χ4n) is 8.25. The lowest BCUT2D eigenvalue weighted by molar-refractivity contribution is 1.08. The van der Waals surface area contributed by atoms with Crippen molar-refractivity contribution < 1.29 is 0 Å². The molecule has 11 rings (SSSR count). The molecule has 4 heteroatoms. The molecule has 254 valence electrons. The van der Waals surface area contributed by atoms with Crippen LogP contribution in [0.25, 0.3) is 104 Å². The normalized spacial score (nSPS) is 11.6. The number of nitrogens with zero attached hydrogens (tertiary/aromatic N) is 4. The number of aromatic nitrogens is 3. The second-order valence-electron chi connectivity index (χ2n) is 14.2. The van der Waals surface area contributed by atoms with Crippen molar-refractivity contribution >= 4 is 65.2 Å². The molecule has 4 nitrogen and oxygen atoms in total. The van der Waals surface area contributed by atoms with E-state index in [0.717, 1.165) is 66.4 Å². The smallest absolute Gasteiger partial charge is 0.165 e. The summed E-state index contributed by atoms with van der Waals surface area (Å²) in [4.78, 5) is 11.0. The van der Waals surface area contributed by atoms with Crippen molar-refractivity contribution in [2.24, 2.45) is 0 Å². The molecular formula is C51H30N4. The Kier molecular flexibility index (Phi) is 6.89. The molecule has 0 fully saturated rings. The van der Waals surface area contributed by atoms with E-state index in [1.807, 2.05) is 18.2 Å². The number of benzene rings is 9. The first-order valence-corrected chi connectivity index (χ1v) is 18.5. The molecule has 11 aromatic rings. The van der Waals surface area contributed by atoms with E-state index in [2.05, 4.69) is 174 Å². The van der Waals surface area contributed by atoms with Crippen molar-refractivity contribution in [1.29, 1.82) is 5.26 Å².